The molecule has 1 aromatic rings. The molecule has 4 aliphatic carbocycles. The lowest BCUT2D eigenvalue weighted by Gasteiger charge is -2.59. The summed E-state index contributed by atoms with van der Waals surface area (Å²) in [5.74, 6) is 4.03. The van der Waals surface area contributed by atoms with Gasteiger partial charge in [-0.2, -0.15) is 0 Å². The topological polar surface area (TPSA) is 46.5 Å². The Bertz CT molecular complexity index is 707. The summed E-state index contributed by atoms with van der Waals surface area (Å²) in [5.41, 5.74) is 0.710. The van der Waals surface area contributed by atoms with Crippen molar-refractivity contribution in [2.45, 2.75) is 98.0 Å². The van der Waals surface area contributed by atoms with E-state index < -0.39 is 0 Å². The standard InChI is InChI=1S/C17H28O2.C10H14O/c1-5-16(2,3)15(18)19-17(4)13-7-11-6-12(9-13)10-14(17)8-11;1-3-8(2)9-5-4-6-10(11)7-9/h11-14H,5-10H2,1-4H3;4-8,11H,3H2,1-2H3. The van der Waals surface area contributed by atoms with E-state index in [9.17, 15) is 4.79 Å². The first-order valence-electron chi connectivity index (χ1n) is 12.1. The summed E-state index contributed by atoms with van der Waals surface area (Å²) in [6.45, 7) is 12.6. The van der Waals surface area contributed by atoms with Crippen molar-refractivity contribution in [2.24, 2.45) is 29.1 Å². The molecule has 4 bridgehead atoms. The van der Waals surface area contributed by atoms with Gasteiger partial charge in [0.1, 0.15) is 11.4 Å². The maximum absolute atomic E-state index is 12.5. The van der Waals surface area contributed by atoms with Gasteiger partial charge in [-0.05, 0) is 113 Å². The summed E-state index contributed by atoms with van der Waals surface area (Å²) in [7, 11) is 0. The van der Waals surface area contributed by atoms with Crippen LogP contribution < -0.4 is 0 Å². The predicted molar refractivity (Wildman–Crippen MR) is 122 cm³/mol. The third-order valence-corrected chi connectivity index (χ3v) is 8.56. The number of benzene rings is 1. The fourth-order valence-corrected chi connectivity index (χ4v) is 5.84. The second-order valence-corrected chi connectivity index (χ2v) is 11.0. The number of esters is 1. The number of phenolic OH excluding ortho intramolecular Hbond substituents is 1. The number of carbonyl (C=O) groups is 1. The van der Waals surface area contributed by atoms with E-state index in [1.807, 2.05) is 32.0 Å². The normalized spacial score (nSPS) is 32.9. The molecule has 0 saturated heterocycles. The Morgan fingerprint density at radius 2 is 1.70 bits per heavy atom. The Balaban J connectivity index is 0.000000199. The van der Waals surface area contributed by atoms with Crippen molar-refractivity contribution in [1.82, 2.24) is 0 Å². The molecule has 168 valence electrons. The Hall–Kier alpha value is -1.51. The van der Waals surface area contributed by atoms with Crippen molar-refractivity contribution in [3.8, 4) is 5.75 Å². The van der Waals surface area contributed by atoms with Gasteiger partial charge in [0.2, 0.25) is 0 Å². The van der Waals surface area contributed by atoms with Crippen LogP contribution in [0.25, 0.3) is 0 Å². The van der Waals surface area contributed by atoms with Crippen LogP contribution >= 0.6 is 0 Å². The molecule has 1 N–H and O–H groups in total. The molecule has 1 unspecified atom stereocenters. The van der Waals surface area contributed by atoms with Crippen LogP contribution in [-0.4, -0.2) is 16.7 Å². The molecule has 3 nitrogen and oxygen atoms in total. The summed E-state index contributed by atoms with van der Waals surface area (Å²) in [6.07, 6.45) is 8.59. The first kappa shape index (κ1) is 23.2. The Kier molecular flexibility index (Phi) is 6.89. The first-order valence-corrected chi connectivity index (χ1v) is 12.1. The van der Waals surface area contributed by atoms with Crippen molar-refractivity contribution in [3.05, 3.63) is 29.8 Å². The number of hydrogen-bond donors (Lipinski definition) is 1. The van der Waals surface area contributed by atoms with Gasteiger partial charge in [-0.3, -0.25) is 4.79 Å². The van der Waals surface area contributed by atoms with Gasteiger partial charge >= 0.3 is 5.97 Å². The molecular formula is C27H42O3. The number of phenols is 1. The van der Waals surface area contributed by atoms with E-state index in [2.05, 4.69) is 27.7 Å². The molecule has 4 saturated carbocycles. The van der Waals surface area contributed by atoms with Crippen molar-refractivity contribution >= 4 is 5.97 Å². The summed E-state index contributed by atoms with van der Waals surface area (Å²) in [5, 5.41) is 9.16. The average molecular weight is 415 g/mol. The van der Waals surface area contributed by atoms with E-state index in [0.717, 1.165) is 24.7 Å². The number of hydrogen-bond acceptors (Lipinski definition) is 3. The van der Waals surface area contributed by atoms with Gasteiger partial charge in [0.15, 0.2) is 0 Å². The lowest BCUT2D eigenvalue weighted by Crippen LogP contribution is -2.58. The van der Waals surface area contributed by atoms with Crippen LogP contribution in [-0.2, 0) is 9.53 Å². The van der Waals surface area contributed by atoms with E-state index in [1.165, 1.54) is 37.7 Å². The molecule has 1 aromatic carbocycles. The molecule has 0 aromatic heterocycles. The predicted octanol–water partition coefficient (Wildman–Crippen LogP) is 7.09. The molecule has 0 spiro atoms. The van der Waals surface area contributed by atoms with Gasteiger partial charge in [0, 0.05) is 0 Å². The average Bonchev–Trinajstić information content (AvgIpc) is 2.71. The highest BCUT2D eigenvalue weighted by atomic mass is 16.6. The number of aromatic hydroxyl groups is 1. The summed E-state index contributed by atoms with van der Waals surface area (Å²) < 4.78 is 6.13. The first-order chi connectivity index (χ1) is 14.1. The molecular weight excluding hydrogens is 372 g/mol. The second kappa shape index (κ2) is 8.93. The fourth-order valence-electron chi connectivity index (χ4n) is 5.84. The number of ether oxygens (including phenoxy) is 1. The fraction of sp³-hybridized carbons (Fsp3) is 0.741. The van der Waals surface area contributed by atoms with Crippen LogP contribution in [0.4, 0.5) is 0 Å². The van der Waals surface area contributed by atoms with E-state index in [4.69, 9.17) is 9.84 Å². The van der Waals surface area contributed by atoms with Crippen LogP contribution in [0.1, 0.15) is 98.0 Å². The monoisotopic (exact) mass is 414 g/mol. The molecule has 4 fully saturated rings. The van der Waals surface area contributed by atoms with Crippen molar-refractivity contribution in [2.75, 3.05) is 0 Å². The van der Waals surface area contributed by atoms with Crippen LogP contribution in [0.3, 0.4) is 0 Å². The molecule has 0 heterocycles. The van der Waals surface area contributed by atoms with Gasteiger partial charge in [0.25, 0.3) is 0 Å². The lowest BCUT2D eigenvalue weighted by molar-refractivity contribution is -0.211. The zero-order valence-corrected chi connectivity index (χ0v) is 19.9. The van der Waals surface area contributed by atoms with Gasteiger partial charge in [-0.1, -0.05) is 32.9 Å². The van der Waals surface area contributed by atoms with E-state index >= 15 is 0 Å². The largest absolute Gasteiger partial charge is 0.508 e. The molecule has 0 radical (unpaired) electrons. The smallest absolute Gasteiger partial charge is 0.312 e. The highest BCUT2D eigenvalue weighted by molar-refractivity contribution is 5.76. The molecule has 4 aliphatic rings. The maximum atomic E-state index is 12.5. The van der Waals surface area contributed by atoms with Gasteiger partial charge in [-0.15, -0.1) is 0 Å². The zero-order valence-electron chi connectivity index (χ0n) is 19.9. The molecule has 30 heavy (non-hydrogen) atoms. The van der Waals surface area contributed by atoms with Crippen LogP contribution in [0.15, 0.2) is 24.3 Å². The lowest BCUT2D eigenvalue weighted by atomic mass is 9.50. The second-order valence-electron chi connectivity index (χ2n) is 11.0. The minimum Gasteiger partial charge on any atom is -0.508 e. The van der Waals surface area contributed by atoms with Crippen molar-refractivity contribution in [3.63, 3.8) is 0 Å². The van der Waals surface area contributed by atoms with Gasteiger partial charge in [-0.25, -0.2) is 0 Å². The van der Waals surface area contributed by atoms with E-state index in [-0.39, 0.29) is 17.0 Å². The third kappa shape index (κ3) is 4.70. The molecule has 1 atom stereocenters. The van der Waals surface area contributed by atoms with Crippen LogP contribution in [0, 0.1) is 29.1 Å². The van der Waals surface area contributed by atoms with E-state index in [0.29, 0.717) is 23.5 Å². The summed E-state index contributed by atoms with van der Waals surface area (Å²) >= 11 is 0. The minimum absolute atomic E-state index is 0.0185. The van der Waals surface area contributed by atoms with Gasteiger partial charge in [0.05, 0.1) is 5.41 Å². The SMILES string of the molecule is CCC(C)(C)C(=O)OC1(C)C2CC3CC(C2)CC1C3.CCC(C)c1cccc(O)c1. The summed E-state index contributed by atoms with van der Waals surface area (Å²) in [4.78, 5) is 12.5. The van der Waals surface area contributed by atoms with Crippen molar-refractivity contribution < 1.29 is 14.6 Å². The molecule has 0 aliphatic heterocycles. The zero-order chi connectivity index (χ0) is 22.1. The molecule has 0 amide bonds. The Morgan fingerprint density at radius 1 is 1.13 bits per heavy atom. The highest BCUT2D eigenvalue weighted by Crippen LogP contribution is 2.59. The number of carbonyl (C=O) groups excluding carboxylic acids is 1. The van der Waals surface area contributed by atoms with E-state index in [1.54, 1.807) is 6.07 Å². The maximum Gasteiger partial charge on any atom is 0.312 e. The Labute approximate surface area is 183 Å². The van der Waals surface area contributed by atoms with Crippen LogP contribution in [0.2, 0.25) is 0 Å². The van der Waals surface area contributed by atoms with Gasteiger partial charge < -0.3 is 9.84 Å². The molecule has 3 heteroatoms. The third-order valence-electron chi connectivity index (χ3n) is 8.56. The summed E-state index contributed by atoms with van der Waals surface area (Å²) in [6, 6.07) is 7.46. The Morgan fingerprint density at radius 3 is 2.17 bits per heavy atom. The van der Waals surface area contributed by atoms with Crippen LogP contribution in [0.5, 0.6) is 5.75 Å². The number of rotatable bonds is 5. The minimum atomic E-state index is -0.336. The van der Waals surface area contributed by atoms with Crippen molar-refractivity contribution in [1.29, 1.82) is 0 Å². The molecule has 5 rings (SSSR count). The quantitative estimate of drug-likeness (QED) is 0.523. The highest BCUT2D eigenvalue weighted by Gasteiger charge is 2.57.